The lowest BCUT2D eigenvalue weighted by molar-refractivity contribution is -0.121. The minimum absolute atomic E-state index is 0.0404. The van der Waals surface area contributed by atoms with Crippen LogP contribution in [0.3, 0.4) is 0 Å². The van der Waals surface area contributed by atoms with Gasteiger partial charge in [0.2, 0.25) is 5.91 Å². The summed E-state index contributed by atoms with van der Waals surface area (Å²) < 4.78 is 0. The van der Waals surface area contributed by atoms with Crippen molar-refractivity contribution < 1.29 is 4.79 Å². The Hall–Kier alpha value is -1.22. The van der Waals surface area contributed by atoms with Gasteiger partial charge in [0.15, 0.2) is 11.4 Å². The molecule has 1 aliphatic rings. The summed E-state index contributed by atoms with van der Waals surface area (Å²) in [4.78, 5) is 15.3. The monoisotopic (exact) mass is 226 g/mol. The van der Waals surface area contributed by atoms with E-state index in [0.717, 1.165) is 12.8 Å². The first-order valence-corrected chi connectivity index (χ1v) is 6.01. The molecule has 0 spiro atoms. The van der Waals surface area contributed by atoms with Crippen molar-refractivity contribution >= 4 is 22.8 Å². The second kappa shape index (κ2) is 6.30. The molecule has 0 bridgehead atoms. The third kappa shape index (κ3) is 5.27. The highest BCUT2D eigenvalue weighted by Crippen LogP contribution is 2.18. The highest BCUT2D eigenvalue weighted by atomic mass is 32.2. The Balaban J connectivity index is 2.17. The molecule has 1 amide bonds. The maximum absolute atomic E-state index is 11.2. The van der Waals surface area contributed by atoms with Crippen molar-refractivity contribution in [3.05, 3.63) is 0 Å². The van der Waals surface area contributed by atoms with E-state index < -0.39 is 0 Å². The molecular weight excluding hydrogens is 212 g/mol. The van der Waals surface area contributed by atoms with E-state index in [0.29, 0.717) is 24.2 Å². The number of rotatable bonds is 4. The van der Waals surface area contributed by atoms with Gasteiger partial charge in [-0.25, -0.2) is 0 Å². The molecule has 0 radical (unpaired) electrons. The van der Waals surface area contributed by atoms with Gasteiger partial charge in [0.25, 0.3) is 0 Å². The van der Waals surface area contributed by atoms with Crippen LogP contribution in [0.15, 0.2) is 4.99 Å². The van der Waals surface area contributed by atoms with Crippen molar-refractivity contribution in [2.75, 3.05) is 12.8 Å². The Morgan fingerprint density at radius 3 is 2.93 bits per heavy atom. The van der Waals surface area contributed by atoms with Gasteiger partial charge in [-0.05, 0) is 19.1 Å². The second-order valence-corrected chi connectivity index (χ2v) is 4.01. The number of amidine groups is 1. The first-order valence-electron chi connectivity index (χ1n) is 4.79. The normalized spacial score (nSPS) is 15.6. The number of nitriles is 1. The van der Waals surface area contributed by atoms with Crippen LogP contribution < -0.4 is 10.6 Å². The molecule has 1 fully saturated rings. The SMILES string of the molecule is CSC(=NCCC(=O)NC1CC1)NC#N. The predicted octanol–water partition coefficient (Wildman–Crippen LogP) is 0.445. The second-order valence-electron chi connectivity index (χ2n) is 3.22. The van der Waals surface area contributed by atoms with E-state index in [1.165, 1.54) is 11.8 Å². The number of nitrogens with zero attached hydrogens (tertiary/aromatic N) is 2. The standard InChI is InChI=1S/C9H14N4OS/c1-15-9(12-6-10)11-5-4-8(14)13-7-2-3-7/h7H,2-5H2,1H3,(H,11,12)(H,13,14). The summed E-state index contributed by atoms with van der Waals surface area (Å²) in [5, 5.41) is 14.2. The van der Waals surface area contributed by atoms with Gasteiger partial charge in [-0.15, -0.1) is 0 Å². The summed E-state index contributed by atoms with van der Waals surface area (Å²) in [6, 6.07) is 0.402. The van der Waals surface area contributed by atoms with E-state index in [1.54, 1.807) is 6.19 Å². The van der Waals surface area contributed by atoms with Crippen molar-refractivity contribution in [1.82, 2.24) is 10.6 Å². The molecule has 0 aromatic heterocycles. The molecule has 0 aliphatic heterocycles. The molecule has 0 unspecified atom stereocenters. The number of carbonyl (C=O) groups is 1. The third-order valence-electron chi connectivity index (χ3n) is 1.89. The van der Waals surface area contributed by atoms with Crippen LogP contribution in [-0.2, 0) is 4.79 Å². The molecule has 0 aromatic rings. The van der Waals surface area contributed by atoms with E-state index in [2.05, 4.69) is 15.6 Å². The maximum Gasteiger partial charge on any atom is 0.222 e. The van der Waals surface area contributed by atoms with Crippen LogP contribution in [-0.4, -0.2) is 29.9 Å². The zero-order valence-corrected chi connectivity index (χ0v) is 9.43. The summed E-state index contributed by atoms with van der Waals surface area (Å²) in [5.41, 5.74) is 0. The van der Waals surface area contributed by atoms with Crippen LogP contribution in [0.4, 0.5) is 0 Å². The van der Waals surface area contributed by atoms with Crippen molar-refractivity contribution in [2.45, 2.75) is 25.3 Å². The zero-order chi connectivity index (χ0) is 11.1. The lowest BCUT2D eigenvalue weighted by Gasteiger charge is -2.01. The number of amides is 1. The number of hydrogen-bond acceptors (Lipinski definition) is 4. The Morgan fingerprint density at radius 1 is 1.67 bits per heavy atom. The summed E-state index contributed by atoms with van der Waals surface area (Å²) in [7, 11) is 0. The molecule has 5 nitrogen and oxygen atoms in total. The molecule has 15 heavy (non-hydrogen) atoms. The average molecular weight is 226 g/mol. The molecule has 82 valence electrons. The summed E-state index contributed by atoms with van der Waals surface area (Å²) in [6.07, 6.45) is 6.20. The number of thioether (sulfide) groups is 1. The average Bonchev–Trinajstić information content (AvgIpc) is 3.00. The van der Waals surface area contributed by atoms with Crippen LogP contribution in [0.2, 0.25) is 0 Å². The van der Waals surface area contributed by atoms with E-state index >= 15 is 0 Å². The van der Waals surface area contributed by atoms with Gasteiger partial charge >= 0.3 is 0 Å². The molecular formula is C9H14N4OS. The van der Waals surface area contributed by atoms with Crippen LogP contribution in [0.5, 0.6) is 0 Å². The summed E-state index contributed by atoms with van der Waals surface area (Å²) in [5.74, 6) is 0.0404. The van der Waals surface area contributed by atoms with Crippen molar-refractivity contribution in [1.29, 1.82) is 5.26 Å². The number of hydrogen-bond donors (Lipinski definition) is 2. The number of nitrogens with one attached hydrogen (secondary N) is 2. The fraction of sp³-hybridized carbons (Fsp3) is 0.667. The smallest absolute Gasteiger partial charge is 0.222 e. The molecule has 6 heteroatoms. The van der Waals surface area contributed by atoms with Gasteiger partial charge in [-0.2, -0.15) is 5.26 Å². The first-order chi connectivity index (χ1) is 7.26. The number of carbonyl (C=O) groups excluding carboxylic acids is 1. The molecule has 2 N–H and O–H groups in total. The molecule has 0 aromatic carbocycles. The highest BCUT2D eigenvalue weighted by Gasteiger charge is 2.22. The predicted molar refractivity (Wildman–Crippen MR) is 60.3 cm³/mol. The molecule has 0 saturated heterocycles. The van der Waals surface area contributed by atoms with Gasteiger partial charge in [0.1, 0.15) is 0 Å². The van der Waals surface area contributed by atoms with Crippen molar-refractivity contribution in [3.8, 4) is 6.19 Å². The Kier molecular flexibility index (Phi) is 4.98. The molecule has 0 heterocycles. The molecule has 1 saturated carbocycles. The van der Waals surface area contributed by atoms with Gasteiger partial charge in [-0.1, -0.05) is 11.8 Å². The summed E-state index contributed by atoms with van der Waals surface area (Å²) >= 11 is 1.36. The Labute approximate surface area is 93.3 Å². The minimum atomic E-state index is 0.0404. The lowest BCUT2D eigenvalue weighted by atomic mass is 10.4. The van der Waals surface area contributed by atoms with Gasteiger partial charge in [0, 0.05) is 12.5 Å². The Bertz CT molecular complexity index is 293. The highest BCUT2D eigenvalue weighted by molar-refractivity contribution is 8.13. The van der Waals surface area contributed by atoms with Crippen LogP contribution in [0, 0.1) is 11.5 Å². The van der Waals surface area contributed by atoms with Gasteiger partial charge < -0.3 is 5.32 Å². The lowest BCUT2D eigenvalue weighted by Crippen LogP contribution is -2.26. The van der Waals surface area contributed by atoms with E-state index in [-0.39, 0.29) is 5.91 Å². The molecule has 1 rings (SSSR count). The first kappa shape index (κ1) is 11.9. The maximum atomic E-state index is 11.2. The minimum Gasteiger partial charge on any atom is -0.353 e. The largest absolute Gasteiger partial charge is 0.353 e. The summed E-state index contributed by atoms with van der Waals surface area (Å²) in [6.45, 7) is 0.420. The van der Waals surface area contributed by atoms with Crippen molar-refractivity contribution in [3.63, 3.8) is 0 Å². The Morgan fingerprint density at radius 2 is 2.40 bits per heavy atom. The van der Waals surface area contributed by atoms with E-state index in [4.69, 9.17) is 5.26 Å². The molecule has 1 aliphatic carbocycles. The van der Waals surface area contributed by atoms with E-state index in [9.17, 15) is 4.79 Å². The topological polar surface area (TPSA) is 77.3 Å². The fourth-order valence-electron chi connectivity index (χ4n) is 0.989. The van der Waals surface area contributed by atoms with Crippen LogP contribution in [0.25, 0.3) is 0 Å². The quantitative estimate of drug-likeness (QED) is 0.316. The van der Waals surface area contributed by atoms with Gasteiger partial charge in [-0.3, -0.25) is 15.1 Å². The fourth-order valence-corrected chi connectivity index (χ4v) is 1.36. The number of aliphatic imine (C=N–C) groups is 1. The molecule has 0 atom stereocenters. The zero-order valence-electron chi connectivity index (χ0n) is 8.62. The van der Waals surface area contributed by atoms with E-state index in [1.807, 2.05) is 6.26 Å². The van der Waals surface area contributed by atoms with Gasteiger partial charge in [0.05, 0.1) is 6.54 Å². The van der Waals surface area contributed by atoms with Crippen LogP contribution in [0.1, 0.15) is 19.3 Å². The van der Waals surface area contributed by atoms with Crippen LogP contribution >= 0.6 is 11.8 Å². The van der Waals surface area contributed by atoms with Crippen molar-refractivity contribution in [2.24, 2.45) is 4.99 Å². The third-order valence-corrected chi connectivity index (χ3v) is 2.51.